The minimum atomic E-state index is -0.279. The van der Waals surface area contributed by atoms with Gasteiger partial charge in [-0.15, -0.1) is 0 Å². The number of allylic oxidation sites excluding steroid dienone is 1. The number of fused-ring (bicyclic) bond motifs is 2. The molecule has 2 N–H and O–H groups in total. The number of hydrogen-bond acceptors (Lipinski definition) is 5. The number of ether oxygens (including phenoxy) is 3. The third-order valence-electron chi connectivity index (χ3n) is 4.43. The maximum absolute atomic E-state index is 9.59. The predicted octanol–water partition coefficient (Wildman–Crippen LogP) is 3.20. The van der Waals surface area contributed by atoms with Crippen molar-refractivity contribution in [1.82, 2.24) is 0 Å². The molecule has 0 aromatic heterocycles. The first-order chi connectivity index (χ1) is 11.7. The maximum Gasteiger partial charge on any atom is 0.231 e. The maximum atomic E-state index is 9.59. The Labute approximate surface area is 139 Å². The smallest absolute Gasteiger partial charge is 0.231 e. The summed E-state index contributed by atoms with van der Waals surface area (Å²) in [4.78, 5) is 0. The summed E-state index contributed by atoms with van der Waals surface area (Å²) in [5, 5.41) is 9.59. The molecule has 0 radical (unpaired) electrons. The molecule has 0 amide bonds. The lowest BCUT2D eigenvalue weighted by molar-refractivity contribution is 0.174. The van der Waals surface area contributed by atoms with Crippen molar-refractivity contribution in [3.8, 4) is 23.3 Å². The summed E-state index contributed by atoms with van der Waals surface area (Å²) >= 11 is 0. The zero-order chi connectivity index (χ0) is 16.7. The van der Waals surface area contributed by atoms with Gasteiger partial charge in [0.25, 0.3) is 0 Å². The molecule has 2 heterocycles. The second-order valence-corrected chi connectivity index (χ2v) is 5.76. The topological polar surface area (TPSA) is 77.5 Å². The van der Waals surface area contributed by atoms with Crippen molar-refractivity contribution < 1.29 is 14.2 Å². The fourth-order valence-electron chi connectivity index (χ4n) is 3.14. The van der Waals surface area contributed by atoms with Gasteiger partial charge in [-0.25, -0.2) is 0 Å². The van der Waals surface area contributed by atoms with E-state index in [0.29, 0.717) is 22.8 Å². The molecule has 0 fully saturated rings. The average molecular weight is 320 g/mol. The minimum Gasteiger partial charge on any atom is -0.454 e. The standard InChI is InChI=1S/C19H16N2O3/c1-2-11-3-5-12(6-4-11)18-13-7-16-17(23-10-22-16)8-15(13)24-19(21)14(18)9-20/h3-8,18H,2,10,21H2,1H3/t18-/m1/s1. The fraction of sp³-hybridized carbons (Fsp3) is 0.211. The molecule has 2 aromatic carbocycles. The molecule has 120 valence electrons. The quantitative estimate of drug-likeness (QED) is 0.919. The summed E-state index contributed by atoms with van der Waals surface area (Å²) in [6.07, 6.45) is 0.965. The van der Waals surface area contributed by atoms with Crippen molar-refractivity contribution in [2.24, 2.45) is 5.73 Å². The molecule has 0 bridgehead atoms. The fourth-order valence-corrected chi connectivity index (χ4v) is 3.14. The number of aryl methyl sites for hydroxylation is 1. The van der Waals surface area contributed by atoms with Crippen molar-refractivity contribution in [2.45, 2.75) is 19.3 Å². The monoisotopic (exact) mass is 320 g/mol. The highest BCUT2D eigenvalue weighted by molar-refractivity contribution is 5.61. The van der Waals surface area contributed by atoms with Crippen LogP contribution in [0.4, 0.5) is 0 Å². The van der Waals surface area contributed by atoms with Crippen LogP contribution in [0.25, 0.3) is 0 Å². The van der Waals surface area contributed by atoms with Crippen LogP contribution in [0, 0.1) is 11.3 Å². The van der Waals surface area contributed by atoms with E-state index in [9.17, 15) is 5.26 Å². The minimum absolute atomic E-state index is 0.133. The van der Waals surface area contributed by atoms with Crippen LogP contribution < -0.4 is 19.9 Å². The second kappa shape index (κ2) is 5.50. The average Bonchev–Trinajstić information content (AvgIpc) is 3.06. The number of nitrogens with two attached hydrogens (primary N) is 1. The van der Waals surface area contributed by atoms with E-state index in [2.05, 4.69) is 25.1 Å². The van der Waals surface area contributed by atoms with Crippen LogP contribution in [0.15, 0.2) is 47.9 Å². The van der Waals surface area contributed by atoms with Gasteiger partial charge in [-0.2, -0.15) is 5.26 Å². The van der Waals surface area contributed by atoms with Gasteiger partial charge in [0.2, 0.25) is 12.7 Å². The van der Waals surface area contributed by atoms with Crippen LogP contribution in [0.1, 0.15) is 29.5 Å². The van der Waals surface area contributed by atoms with Crippen LogP contribution in [-0.2, 0) is 6.42 Å². The zero-order valence-electron chi connectivity index (χ0n) is 13.2. The first kappa shape index (κ1) is 14.5. The Morgan fingerprint density at radius 3 is 2.50 bits per heavy atom. The number of nitrogens with zero attached hydrogens (tertiary/aromatic N) is 1. The lowest BCUT2D eigenvalue weighted by Crippen LogP contribution is -2.21. The van der Waals surface area contributed by atoms with E-state index in [4.69, 9.17) is 19.9 Å². The van der Waals surface area contributed by atoms with Crippen LogP contribution >= 0.6 is 0 Å². The Morgan fingerprint density at radius 2 is 1.83 bits per heavy atom. The SMILES string of the molecule is CCc1ccc([C@H]2C(C#N)=C(N)Oc3cc4c(cc32)OCO4)cc1. The molecular weight excluding hydrogens is 304 g/mol. The first-order valence-electron chi connectivity index (χ1n) is 7.81. The van der Waals surface area contributed by atoms with Gasteiger partial charge in [-0.1, -0.05) is 31.2 Å². The number of nitriles is 1. The van der Waals surface area contributed by atoms with Gasteiger partial charge in [0.15, 0.2) is 11.5 Å². The second-order valence-electron chi connectivity index (χ2n) is 5.76. The highest BCUT2D eigenvalue weighted by Gasteiger charge is 2.33. The molecule has 4 rings (SSSR count). The molecule has 2 aliphatic rings. The Bertz CT molecular complexity index is 879. The summed E-state index contributed by atoms with van der Waals surface area (Å²) in [5.74, 6) is 1.74. The Morgan fingerprint density at radius 1 is 1.12 bits per heavy atom. The molecule has 2 aromatic rings. The van der Waals surface area contributed by atoms with Gasteiger partial charge in [0.05, 0.1) is 5.92 Å². The lowest BCUT2D eigenvalue weighted by atomic mass is 9.83. The molecule has 1 atom stereocenters. The number of benzene rings is 2. The van der Waals surface area contributed by atoms with Gasteiger partial charge < -0.3 is 19.9 Å². The third-order valence-corrected chi connectivity index (χ3v) is 4.43. The van der Waals surface area contributed by atoms with E-state index in [0.717, 1.165) is 17.5 Å². The zero-order valence-corrected chi connectivity index (χ0v) is 13.2. The van der Waals surface area contributed by atoms with E-state index < -0.39 is 0 Å². The molecular formula is C19H16N2O3. The van der Waals surface area contributed by atoms with E-state index in [-0.39, 0.29) is 18.6 Å². The molecule has 24 heavy (non-hydrogen) atoms. The normalized spacial score (nSPS) is 17.9. The summed E-state index contributed by atoms with van der Waals surface area (Å²) < 4.78 is 16.5. The highest BCUT2D eigenvalue weighted by atomic mass is 16.7. The van der Waals surface area contributed by atoms with Gasteiger partial charge in [-0.05, 0) is 23.6 Å². The van der Waals surface area contributed by atoms with Crippen LogP contribution in [-0.4, -0.2) is 6.79 Å². The van der Waals surface area contributed by atoms with Crippen LogP contribution in [0.5, 0.6) is 17.2 Å². The Hall–Kier alpha value is -3.13. The van der Waals surface area contributed by atoms with Gasteiger partial charge >= 0.3 is 0 Å². The van der Waals surface area contributed by atoms with E-state index in [1.807, 2.05) is 18.2 Å². The van der Waals surface area contributed by atoms with Gasteiger partial charge in [0, 0.05) is 11.6 Å². The highest BCUT2D eigenvalue weighted by Crippen LogP contribution is 2.47. The van der Waals surface area contributed by atoms with Crippen molar-refractivity contribution >= 4 is 0 Å². The lowest BCUT2D eigenvalue weighted by Gasteiger charge is -2.26. The Kier molecular flexibility index (Phi) is 3.31. The van der Waals surface area contributed by atoms with E-state index >= 15 is 0 Å². The van der Waals surface area contributed by atoms with Gasteiger partial charge in [-0.3, -0.25) is 0 Å². The largest absolute Gasteiger partial charge is 0.454 e. The predicted molar refractivity (Wildman–Crippen MR) is 87.7 cm³/mol. The van der Waals surface area contributed by atoms with Crippen molar-refractivity contribution in [2.75, 3.05) is 6.79 Å². The molecule has 0 saturated heterocycles. The molecule has 0 saturated carbocycles. The van der Waals surface area contributed by atoms with E-state index in [1.165, 1.54) is 5.56 Å². The van der Waals surface area contributed by atoms with Crippen molar-refractivity contribution in [3.05, 3.63) is 64.5 Å². The molecule has 2 aliphatic heterocycles. The summed E-state index contributed by atoms with van der Waals surface area (Å²) in [6.45, 7) is 2.29. The van der Waals surface area contributed by atoms with Crippen molar-refractivity contribution in [3.63, 3.8) is 0 Å². The van der Waals surface area contributed by atoms with Crippen LogP contribution in [0.3, 0.4) is 0 Å². The van der Waals surface area contributed by atoms with Crippen molar-refractivity contribution in [1.29, 1.82) is 5.26 Å². The third kappa shape index (κ3) is 2.16. The molecule has 0 aliphatic carbocycles. The number of hydrogen-bond donors (Lipinski definition) is 1. The van der Waals surface area contributed by atoms with Crippen LogP contribution in [0.2, 0.25) is 0 Å². The molecule has 0 unspecified atom stereocenters. The van der Waals surface area contributed by atoms with Gasteiger partial charge in [0.1, 0.15) is 17.4 Å². The van der Waals surface area contributed by atoms with E-state index in [1.54, 1.807) is 6.07 Å². The molecule has 5 heteroatoms. The summed E-state index contributed by atoms with van der Waals surface area (Å²) in [7, 11) is 0. The summed E-state index contributed by atoms with van der Waals surface area (Å²) in [5.41, 5.74) is 9.50. The Balaban J connectivity index is 1.88. The molecule has 0 spiro atoms. The first-order valence-corrected chi connectivity index (χ1v) is 7.81. The summed E-state index contributed by atoms with van der Waals surface area (Å²) in [6, 6.07) is 14.1. The molecule has 5 nitrogen and oxygen atoms in total. The number of rotatable bonds is 2.